The van der Waals surface area contributed by atoms with Crippen LogP contribution < -0.4 is 0 Å². The average molecular weight is 434 g/mol. The molecule has 0 bridgehead atoms. The van der Waals surface area contributed by atoms with Gasteiger partial charge in [0.15, 0.2) is 12.4 Å². The lowest BCUT2D eigenvalue weighted by molar-refractivity contribution is 0.0474. The minimum Gasteiger partial charge on any atom is -0.454 e. The Balaban J connectivity index is 1.41. The summed E-state index contributed by atoms with van der Waals surface area (Å²) < 4.78 is 20.5. The highest BCUT2D eigenvalue weighted by Crippen LogP contribution is 2.32. The minimum atomic E-state index is -0.543. The molecule has 32 heavy (non-hydrogen) atoms. The Kier molecular flexibility index (Phi) is 6.54. The summed E-state index contributed by atoms with van der Waals surface area (Å²) in [6.45, 7) is 3.37. The Bertz CT molecular complexity index is 1110. The Morgan fingerprint density at radius 3 is 2.28 bits per heavy atom. The van der Waals surface area contributed by atoms with Gasteiger partial charge in [-0.2, -0.15) is 0 Å². The standard InChI is InChI=1S/C27H28FNO3/c1-18-16-25(19(2)29(18)24-14-12-23(28)13-15-24)27(31)32-17-26(30)22-10-8-21(9-11-22)20-6-4-3-5-7-20/h8-16,20H,3-7,17H2,1-2H3. The summed E-state index contributed by atoms with van der Waals surface area (Å²) in [4.78, 5) is 25.2. The Hall–Kier alpha value is -3.21. The summed E-state index contributed by atoms with van der Waals surface area (Å²) in [5, 5.41) is 0. The van der Waals surface area contributed by atoms with E-state index in [1.807, 2.05) is 35.8 Å². The molecule has 0 saturated heterocycles. The zero-order chi connectivity index (χ0) is 22.7. The highest BCUT2D eigenvalue weighted by atomic mass is 19.1. The Labute approximate surface area is 188 Å². The van der Waals surface area contributed by atoms with Crippen molar-refractivity contribution in [3.05, 3.63) is 88.5 Å². The topological polar surface area (TPSA) is 48.3 Å². The summed E-state index contributed by atoms with van der Waals surface area (Å²) in [7, 11) is 0. The number of halogens is 1. The molecule has 1 aliphatic rings. The molecule has 0 spiro atoms. The molecule has 0 unspecified atom stereocenters. The van der Waals surface area contributed by atoms with Crippen LogP contribution in [0.4, 0.5) is 4.39 Å². The average Bonchev–Trinajstić information content (AvgIpc) is 3.12. The van der Waals surface area contributed by atoms with E-state index in [0.717, 1.165) is 11.4 Å². The second-order valence-electron chi connectivity index (χ2n) is 8.55. The third-order valence-electron chi connectivity index (χ3n) is 6.38. The van der Waals surface area contributed by atoms with Crippen LogP contribution in [0.2, 0.25) is 0 Å². The van der Waals surface area contributed by atoms with Crippen molar-refractivity contribution in [1.29, 1.82) is 0 Å². The number of hydrogen-bond acceptors (Lipinski definition) is 3. The molecule has 0 aliphatic heterocycles. The number of benzene rings is 2. The Morgan fingerprint density at radius 1 is 0.969 bits per heavy atom. The van der Waals surface area contributed by atoms with Crippen molar-refractivity contribution >= 4 is 11.8 Å². The molecule has 0 radical (unpaired) electrons. The fourth-order valence-electron chi connectivity index (χ4n) is 4.63. The zero-order valence-electron chi connectivity index (χ0n) is 18.6. The van der Waals surface area contributed by atoms with Crippen molar-refractivity contribution in [1.82, 2.24) is 4.57 Å². The molecular weight excluding hydrogens is 405 g/mol. The number of aryl methyl sites for hydroxylation is 1. The molecule has 1 fully saturated rings. The highest BCUT2D eigenvalue weighted by molar-refractivity contribution is 5.99. The van der Waals surface area contributed by atoms with Gasteiger partial charge in [-0.1, -0.05) is 43.5 Å². The van der Waals surface area contributed by atoms with Gasteiger partial charge in [-0.3, -0.25) is 4.79 Å². The monoisotopic (exact) mass is 433 g/mol. The van der Waals surface area contributed by atoms with Gasteiger partial charge >= 0.3 is 5.97 Å². The van der Waals surface area contributed by atoms with E-state index in [1.54, 1.807) is 25.1 Å². The maximum atomic E-state index is 13.3. The first-order chi connectivity index (χ1) is 15.4. The van der Waals surface area contributed by atoms with E-state index in [0.29, 0.717) is 22.7 Å². The van der Waals surface area contributed by atoms with E-state index in [-0.39, 0.29) is 18.2 Å². The predicted octanol–water partition coefficient (Wildman–Crippen LogP) is 6.32. The molecule has 1 aliphatic carbocycles. The van der Waals surface area contributed by atoms with Crippen LogP contribution in [-0.2, 0) is 4.74 Å². The zero-order valence-corrected chi connectivity index (χ0v) is 18.6. The molecule has 2 aromatic carbocycles. The molecule has 0 N–H and O–H groups in total. The van der Waals surface area contributed by atoms with Gasteiger partial charge in [0.05, 0.1) is 5.56 Å². The van der Waals surface area contributed by atoms with Crippen molar-refractivity contribution < 1.29 is 18.7 Å². The molecule has 4 nitrogen and oxygen atoms in total. The van der Waals surface area contributed by atoms with Gasteiger partial charge in [-0.25, -0.2) is 9.18 Å². The number of esters is 1. The third kappa shape index (κ3) is 4.67. The summed E-state index contributed by atoms with van der Waals surface area (Å²) in [6.07, 6.45) is 6.26. The summed E-state index contributed by atoms with van der Waals surface area (Å²) in [5.41, 5.74) is 4.50. The van der Waals surface area contributed by atoms with Crippen molar-refractivity contribution in [2.75, 3.05) is 6.61 Å². The number of carbonyl (C=O) groups is 2. The summed E-state index contributed by atoms with van der Waals surface area (Å²) in [5.74, 6) is -0.497. The number of ketones is 1. The van der Waals surface area contributed by atoms with Gasteiger partial charge in [0.2, 0.25) is 0 Å². The molecule has 1 aromatic heterocycles. The number of aromatic nitrogens is 1. The van der Waals surface area contributed by atoms with Crippen LogP contribution in [0, 0.1) is 19.7 Å². The number of carbonyl (C=O) groups excluding carboxylic acids is 2. The summed E-state index contributed by atoms with van der Waals surface area (Å²) >= 11 is 0. The molecule has 5 heteroatoms. The van der Waals surface area contributed by atoms with Gasteiger partial charge in [0, 0.05) is 22.6 Å². The van der Waals surface area contributed by atoms with Crippen molar-refractivity contribution in [3.8, 4) is 5.69 Å². The van der Waals surface area contributed by atoms with Gasteiger partial charge in [-0.15, -0.1) is 0 Å². The van der Waals surface area contributed by atoms with Crippen LogP contribution >= 0.6 is 0 Å². The number of nitrogens with zero attached hydrogens (tertiary/aromatic N) is 1. The van der Waals surface area contributed by atoms with Gasteiger partial charge in [-0.05, 0) is 68.5 Å². The van der Waals surface area contributed by atoms with Gasteiger partial charge < -0.3 is 9.30 Å². The van der Waals surface area contributed by atoms with E-state index in [4.69, 9.17) is 4.74 Å². The van der Waals surface area contributed by atoms with Crippen molar-refractivity contribution in [3.63, 3.8) is 0 Å². The summed E-state index contributed by atoms with van der Waals surface area (Å²) in [6, 6.07) is 15.5. The van der Waals surface area contributed by atoms with Crippen LogP contribution in [-0.4, -0.2) is 22.9 Å². The molecular formula is C27H28FNO3. The van der Waals surface area contributed by atoms with Crippen LogP contribution in [0.25, 0.3) is 5.69 Å². The second kappa shape index (κ2) is 9.51. The van der Waals surface area contributed by atoms with Crippen LogP contribution in [0.5, 0.6) is 0 Å². The predicted molar refractivity (Wildman–Crippen MR) is 122 cm³/mol. The normalized spacial score (nSPS) is 14.3. The number of Topliss-reactive ketones (excluding diaryl/α,β-unsaturated/α-hetero) is 1. The molecule has 3 aromatic rings. The fraction of sp³-hybridized carbons (Fsp3) is 0.333. The number of ether oxygens (including phenoxy) is 1. The lowest BCUT2D eigenvalue weighted by Gasteiger charge is -2.22. The number of rotatable bonds is 6. The molecule has 1 heterocycles. The first-order valence-corrected chi connectivity index (χ1v) is 11.2. The van der Waals surface area contributed by atoms with E-state index in [1.165, 1.54) is 49.8 Å². The quantitative estimate of drug-likeness (QED) is 0.338. The molecule has 166 valence electrons. The largest absolute Gasteiger partial charge is 0.454 e. The number of hydrogen-bond donors (Lipinski definition) is 0. The molecule has 0 amide bonds. The van der Waals surface area contributed by atoms with Crippen molar-refractivity contribution in [2.24, 2.45) is 0 Å². The van der Waals surface area contributed by atoms with Gasteiger partial charge in [0.1, 0.15) is 5.82 Å². The van der Waals surface area contributed by atoms with E-state index in [2.05, 4.69) is 0 Å². The lowest BCUT2D eigenvalue weighted by Crippen LogP contribution is -2.15. The fourth-order valence-corrected chi connectivity index (χ4v) is 4.63. The van der Waals surface area contributed by atoms with Crippen LogP contribution in [0.1, 0.15) is 75.7 Å². The van der Waals surface area contributed by atoms with Gasteiger partial charge in [0.25, 0.3) is 0 Å². The molecule has 1 saturated carbocycles. The van der Waals surface area contributed by atoms with Crippen LogP contribution in [0.3, 0.4) is 0 Å². The maximum Gasteiger partial charge on any atom is 0.340 e. The second-order valence-corrected chi connectivity index (χ2v) is 8.55. The molecule has 4 rings (SSSR count). The molecule has 0 atom stereocenters. The van der Waals surface area contributed by atoms with E-state index in [9.17, 15) is 14.0 Å². The smallest absolute Gasteiger partial charge is 0.340 e. The van der Waals surface area contributed by atoms with Crippen molar-refractivity contribution in [2.45, 2.75) is 51.9 Å². The minimum absolute atomic E-state index is 0.221. The maximum absolute atomic E-state index is 13.3. The first-order valence-electron chi connectivity index (χ1n) is 11.2. The van der Waals surface area contributed by atoms with E-state index < -0.39 is 5.97 Å². The first kappa shape index (κ1) is 22.0. The SMILES string of the molecule is Cc1cc(C(=O)OCC(=O)c2ccc(C3CCCCC3)cc2)c(C)n1-c1ccc(F)cc1. The Morgan fingerprint density at radius 2 is 1.62 bits per heavy atom. The van der Waals surface area contributed by atoms with Crippen LogP contribution in [0.15, 0.2) is 54.6 Å². The third-order valence-corrected chi connectivity index (χ3v) is 6.38. The lowest BCUT2D eigenvalue weighted by atomic mass is 9.84. The highest BCUT2D eigenvalue weighted by Gasteiger charge is 2.20. The van der Waals surface area contributed by atoms with E-state index >= 15 is 0 Å².